The zero-order valence-electron chi connectivity index (χ0n) is 16.3. The summed E-state index contributed by atoms with van der Waals surface area (Å²) in [4.78, 5) is 31.1. The molecule has 0 unspecified atom stereocenters. The van der Waals surface area contributed by atoms with Crippen molar-refractivity contribution >= 4 is 22.8 Å². The largest absolute Gasteiger partial charge is 0.496 e. The number of H-pyrrole nitrogens is 1. The minimum Gasteiger partial charge on any atom is -0.496 e. The number of Topliss-reactive ketones (excluding diaryl/α,β-unsaturated/α-hetero) is 1. The van der Waals surface area contributed by atoms with E-state index >= 15 is 0 Å². The number of ether oxygens (including phenoxy) is 3. The van der Waals surface area contributed by atoms with E-state index in [1.54, 1.807) is 32.7 Å². The number of rotatable bonds is 3. The maximum atomic E-state index is 13.0. The molecule has 4 heterocycles. The van der Waals surface area contributed by atoms with Gasteiger partial charge in [-0.25, -0.2) is 15.0 Å². The first kappa shape index (κ1) is 17.7. The number of aromatic nitrogens is 4. The second-order valence-corrected chi connectivity index (χ2v) is 7.37. The third kappa shape index (κ3) is 2.84. The molecule has 9 nitrogen and oxygen atoms in total. The molecule has 1 spiro atoms. The van der Waals surface area contributed by atoms with Crippen molar-refractivity contribution in [1.82, 2.24) is 19.9 Å². The number of nitrogens with one attached hydrogen (secondary N) is 1. The van der Waals surface area contributed by atoms with Gasteiger partial charge in [0.05, 0.1) is 27.0 Å². The molecule has 5 rings (SSSR count). The smallest absolute Gasteiger partial charge is 0.182 e. The summed E-state index contributed by atoms with van der Waals surface area (Å²) in [6, 6.07) is 3.48. The number of imidazole rings is 1. The first-order valence-corrected chi connectivity index (χ1v) is 9.50. The molecule has 0 radical (unpaired) electrons. The van der Waals surface area contributed by atoms with Gasteiger partial charge >= 0.3 is 0 Å². The quantitative estimate of drug-likeness (QED) is 0.721. The Morgan fingerprint density at radius 2 is 1.97 bits per heavy atom. The van der Waals surface area contributed by atoms with E-state index in [0.717, 1.165) is 24.4 Å². The Balaban J connectivity index is 1.42. The maximum absolute atomic E-state index is 13.0. The van der Waals surface area contributed by atoms with E-state index in [4.69, 9.17) is 14.2 Å². The molecule has 150 valence electrons. The van der Waals surface area contributed by atoms with Crippen molar-refractivity contribution < 1.29 is 19.0 Å². The Hall–Kier alpha value is -3.36. The molecule has 0 amide bonds. The molecule has 1 aromatic carbocycles. The highest BCUT2D eigenvalue weighted by atomic mass is 16.5. The van der Waals surface area contributed by atoms with E-state index in [9.17, 15) is 4.79 Å². The van der Waals surface area contributed by atoms with E-state index in [1.807, 2.05) is 0 Å². The molecule has 29 heavy (non-hydrogen) atoms. The molecular weight excluding hydrogens is 374 g/mol. The van der Waals surface area contributed by atoms with Gasteiger partial charge in [-0.2, -0.15) is 0 Å². The zero-order valence-corrected chi connectivity index (χ0v) is 16.3. The second-order valence-electron chi connectivity index (χ2n) is 7.37. The molecule has 2 aromatic heterocycles. The number of anilines is 1. The highest BCUT2D eigenvalue weighted by molar-refractivity contribution is 6.03. The molecule has 2 aliphatic rings. The summed E-state index contributed by atoms with van der Waals surface area (Å²) in [6.07, 6.45) is 4.89. The summed E-state index contributed by atoms with van der Waals surface area (Å²) in [5.74, 6) is 2.49. The number of piperidine rings is 1. The molecule has 9 heteroatoms. The molecule has 1 N–H and O–H groups in total. The van der Waals surface area contributed by atoms with E-state index in [0.29, 0.717) is 47.7 Å². The molecule has 0 aliphatic carbocycles. The first-order chi connectivity index (χ1) is 14.1. The zero-order chi connectivity index (χ0) is 20.0. The molecule has 0 bridgehead atoms. The van der Waals surface area contributed by atoms with Crippen LogP contribution >= 0.6 is 0 Å². The maximum Gasteiger partial charge on any atom is 0.182 e. The van der Waals surface area contributed by atoms with Gasteiger partial charge in [0, 0.05) is 38.1 Å². The number of nitrogens with zero attached hydrogens (tertiary/aromatic N) is 4. The third-order valence-corrected chi connectivity index (χ3v) is 5.76. The van der Waals surface area contributed by atoms with Crippen LogP contribution < -0.4 is 19.1 Å². The fraction of sp³-hybridized carbons (Fsp3) is 0.400. The molecule has 3 aromatic rings. The Morgan fingerprint density at radius 3 is 2.72 bits per heavy atom. The molecule has 1 saturated heterocycles. The van der Waals surface area contributed by atoms with E-state index in [-0.39, 0.29) is 5.78 Å². The Labute approximate surface area is 167 Å². The number of benzene rings is 1. The lowest BCUT2D eigenvalue weighted by Crippen LogP contribution is -2.51. The van der Waals surface area contributed by atoms with Gasteiger partial charge in [-0.1, -0.05) is 0 Å². The van der Waals surface area contributed by atoms with Gasteiger partial charge in [-0.3, -0.25) is 4.79 Å². The Morgan fingerprint density at radius 1 is 1.14 bits per heavy atom. The van der Waals surface area contributed by atoms with E-state index in [1.165, 1.54) is 6.33 Å². The predicted octanol–water partition coefficient (Wildman–Crippen LogP) is 2.37. The minimum absolute atomic E-state index is 0.0391. The average molecular weight is 395 g/mol. The molecule has 0 atom stereocenters. The van der Waals surface area contributed by atoms with Crippen LogP contribution in [0.4, 0.5) is 5.82 Å². The van der Waals surface area contributed by atoms with Gasteiger partial charge in [0.2, 0.25) is 0 Å². The standard InChI is InChI=1S/C20H21N5O4/c1-27-12-7-14(28-2)16-13(26)9-20(29-15(16)8-12)3-5-25(6-4-20)19-17-18(22-10-21-17)23-11-24-19/h7-8,10-11H,3-6,9H2,1-2H3,(H,21,22,23,24). The van der Waals surface area contributed by atoms with Gasteiger partial charge in [0.15, 0.2) is 17.2 Å². The summed E-state index contributed by atoms with van der Waals surface area (Å²) in [5, 5.41) is 0. The van der Waals surface area contributed by atoms with Crippen LogP contribution in [0.25, 0.3) is 11.2 Å². The summed E-state index contributed by atoms with van der Waals surface area (Å²) < 4.78 is 17.1. The predicted molar refractivity (Wildman–Crippen MR) is 105 cm³/mol. The van der Waals surface area contributed by atoms with Gasteiger partial charge in [-0.05, 0) is 0 Å². The normalized spacial score (nSPS) is 17.9. The van der Waals surface area contributed by atoms with Crippen LogP contribution in [0.1, 0.15) is 29.6 Å². The second kappa shape index (κ2) is 6.61. The number of hydrogen-bond acceptors (Lipinski definition) is 8. The van der Waals surface area contributed by atoms with Crippen molar-refractivity contribution in [1.29, 1.82) is 0 Å². The topological polar surface area (TPSA) is 102 Å². The van der Waals surface area contributed by atoms with Crippen molar-refractivity contribution in [3.63, 3.8) is 0 Å². The molecular formula is C20H21N5O4. The first-order valence-electron chi connectivity index (χ1n) is 9.50. The average Bonchev–Trinajstić information content (AvgIpc) is 3.22. The van der Waals surface area contributed by atoms with Gasteiger partial charge in [0.25, 0.3) is 0 Å². The fourth-order valence-electron chi connectivity index (χ4n) is 4.25. The van der Waals surface area contributed by atoms with Crippen LogP contribution in [0, 0.1) is 0 Å². The lowest BCUT2D eigenvalue weighted by Gasteiger charge is -2.44. The lowest BCUT2D eigenvalue weighted by atomic mass is 9.82. The van der Waals surface area contributed by atoms with Crippen LogP contribution in [-0.2, 0) is 0 Å². The van der Waals surface area contributed by atoms with Gasteiger partial charge in [0.1, 0.15) is 40.3 Å². The van der Waals surface area contributed by atoms with Crippen molar-refractivity contribution in [3.8, 4) is 17.2 Å². The number of aromatic amines is 1. The van der Waals surface area contributed by atoms with Gasteiger partial charge in [-0.15, -0.1) is 0 Å². The summed E-state index contributed by atoms with van der Waals surface area (Å²) in [6.45, 7) is 1.43. The highest BCUT2D eigenvalue weighted by Gasteiger charge is 2.44. The summed E-state index contributed by atoms with van der Waals surface area (Å²) in [7, 11) is 3.13. The monoisotopic (exact) mass is 395 g/mol. The van der Waals surface area contributed by atoms with Crippen LogP contribution in [0.5, 0.6) is 17.2 Å². The highest BCUT2D eigenvalue weighted by Crippen LogP contribution is 2.45. The number of ketones is 1. The van der Waals surface area contributed by atoms with Crippen LogP contribution in [-0.4, -0.2) is 58.6 Å². The van der Waals surface area contributed by atoms with Crippen molar-refractivity contribution in [2.24, 2.45) is 0 Å². The molecule has 2 aliphatic heterocycles. The summed E-state index contributed by atoms with van der Waals surface area (Å²) in [5.41, 5.74) is 1.44. The number of methoxy groups -OCH3 is 2. The molecule has 1 fully saturated rings. The summed E-state index contributed by atoms with van der Waals surface area (Å²) >= 11 is 0. The number of fused-ring (bicyclic) bond motifs is 2. The number of hydrogen-bond donors (Lipinski definition) is 1. The third-order valence-electron chi connectivity index (χ3n) is 5.76. The number of carbonyl (C=O) groups is 1. The van der Waals surface area contributed by atoms with Crippen LogP contribution in [0.2, 0.25) is 0 Å². The SMILES string of the molecule is COc1cc(OC)c2c(c1)OC1(CCN(c3ncnc4nc[nH]c34)CC1)CC2=O. The minimum atomic E-state index is -0.530. The van der Waals surface area contributed by atoms with E-state index in [2.05, 4.69) is 24.8 Å². The lowest BCUT2D eigenvalue weighted by molar-refractivity contribution is 0.0225. The van der Waals surface area contributed by atoms with Crippen molar-refractivity contribution in [2.75, 3.05) is 32.2 Å². The Bertz CT molecular complexity index is 1090. The fourth-order valence-corrected chi connectivity index (χ4v) is 4.25. The van der Waals surface area contributed by atoms with Gasteiger partial charge < -0.3 is 24.1 Å². The van der Waals surface area contributed by atoms with Crippen LogP contribution in [0.3, 0.4) is 0 Å². The van der Waals surface area contributed by atoms with Crippen LogP contribution in [0.15, 0.2) is 24.8 Å². The van der Waals surface area contributed by atoms with Crippen molar-refractivity contribution in [3.05, 3.63) is 30.4 Å². The number of carbonyl (C=O) groups excluding carboxylic acids is 1. The Kier molecular flexibility index (Phi) is 4.04. The van der Waals surface area contributed by atoms with Crippen molar-refractivity contribution in [2.45, 2.75) is 24.9 Å². The van der Waals surface area contributed by atoms with E-state index < -0.39 is 5.60 Å². The molecule has 0 saturated carbocycles.